The molecule has 0 N–H and O–H groups in total. The average Bonchev–Trinajstić information content (AvgIpc) is 2.61. The molecule has 128 valence electrons. The van der Waals surface area contributed by atoms with Crippen LogP contribution in [0.25, 0.3) is 0 Å². The van der Waals surface area contributed by atoms with E-state index in [9.17, 15) is 4.79 Å². The molecule has 0 aromatic carbocycles. The second kappa shape index (κ2) is 10.6. The highest BCUT2D eigenvalue weighted by Crippen LogP contribution is 2.37. The van der Waals surface area contributed by atoms with Crippen LogP contribution in [0.1, 0.15) is 94.7 Å². The van der Waals surface area contributed by atoms with Crippen molar-refractivity contribution in [3.05, 3.63) is 29.6 Å². The van der Waals surface area contributed by atoms with E-state index >= 15 is 0 Å². The molecule has 0 bridgehead atoms. The lowest BCUT2D eigenvalue weighted by Crippen LogP contribution is -2.14. The van der Waals surface area contributed by atoms with E-state index in [1.807, 2.05) is 6.20 Å². The lowest BCUT2D eigenvalue weighted by Gasteiger charge is -2.28. The summed E-state index contributed by atoms with van der Waals surface area (Å²) in [5, 5.41) is 0. The molecule has 0 radical (unpaired) electrons. The van der Waals surface area contributed by atoms with E-state index in [1.54, 1.807) is 0 Å². The Morgan fingerprint density at radius 3 is 2.52 bits per heavy atom. The Hall–Kier alpha value is -1.18. The molecular weight excluding hydrogens is 282 g/mol. The van der Waals surface area contributed by atoms with Crippen LogP contribution < -0.4 is 0 Å². The van der Waals surface area contributed by atoms with Crippen LogP contribution in [0.5, 0.6) is 0 Å². The first kappa shape index (κ1) is 18.2. The van der Waals surface area contributed by atoms with Gasteiger partial charge in [0.05, 0.1) is 0 Å². The average molecular weight is 316 g/mol. The van der Waals surface area contributed by atoms with E-state index < -0.39 is 0 Å². The van der Waals surface area contributed by atoms with Gasteiger partial charge in [0.1, 0.15) is 6.29 Å². The molecule has 23 heavy (non-hydrogen) atoms. The molecule has 2 heteroatoms. The molecular formula is C21H33NO. The molecule has 1 aromatic heterocycles. The number of carbonyl (C=O) groups is 1. The first-order valence-electron chi connectivity index (χ1n) is 9.72. The minimum absolute atomic E-state index is 0.602. The Morgan fingerprint density at radius 2 is 1.87 bits per heavy atom. The summed E-state index contributed by atoms with van der Waals surface area (Å²) in [5.74, 6) is 1.62. The fourth-order valence-electron chi connectivity index (χ4n) is 3.83. The molecule has 1 fully saturated rings. The van der Waals surface area contributed by atoms with Gasteiger partial charge in [0, 0.05) is 24.2 Å². The highest BCUT2D eigenvalue weighted by molar-refractivity contribution is 5.49. The molecule has 0 amide bonds. The predicted octanol–water partition coefficient (Wildman–Crippen LogP) is 5.85. The summed E-state index contributed by atoms with van der Waals surface area (Å²) in [6, 6.07) is 4.35. The van der Waals surface area contributed by atoms with Crippen molar-refractivity contribution in [3.63, 3.8) is 0 Å². The summed E-state index contributed by atoms with van der Waals surface area (Å²) in [5.41, 5.74) is 2.45. The SMILES string of the molecule is CCCCCCC[C@H]1CC[C@H](c2ccc(CCC=O)cn2)CC1. The van der Waals surface area contributed by atoms with Gasteiger partial charge in [-0.15, -0.1) is 0 Å². The molecule has 1 aliphatic carbocycles. The lowest BCUT2D eigenvalue weighted by atomic mass is 9.78. The van der Waals surface area contributed by atoms with E-state index in [-0.39, 0.29) is 0 Å². The summed E-state index contributed by atoms with van der Waals surface area (Å²) < 4.78 is 0. The van der Waals surface area contributed by atoms with Crippen LogP contribution in [0.3, 0.4) is 0 Å². The number of nitrogens with zero attached hydrogens (tertiary/aromatic N) is 1. The van der Waals surface area contributed by atoms with Crippen molar-refractivity contribution in [2.45, 2.75) is 89.9 Å². The maximum Gasteiger partial charge on any atom is 0.120 e. The molecule has 1 saturated carbocycles. The van der Waals surface area contributed by atoms with Gasteiger partial charge in [-0.05, 0) is 49.7 Å². The zero-order valence-electron chi connectivity index (χ0n) is 14.8. The van der Waals surface area contributed by atoms with Crippen molar-refractivity contribution >= 4 is 6.29 Å². The number of hydrogen-bond acceptors (Lipinski definition) is 2. The zero-order valence-corrected chi connectivity index (χ0v) is 14.8. The molecule has 2 rings (SSSR count). The molecule has 2 nitrogen and oxygen atoms in total. The van der Waals surface area contributed by atoms with E-state index in [0.717, 1.165) is 18.6 Å². The number of aldehydes is 1. The first-order valence-corrected chi connectivity index (χ1v) is 9.72. The van der Waals surface area contributed by atoms with Crippen LogP contribution in [-0.4, -0.2) is 11.3 Å². The molecule has 1 heterocycles. The smallest absolute Gasteiger partial charge is 0.120 e. The Morgan fingerprint density at radius 1 is 1.09 bits per heavy atom. The van der Waals surface area contributed by atoms with Crippen molar-refractivity contribution in [3.8, 4) is 0 Å². The Balaban J connectivity index is 1.68. The minimum atomic E-state index is 0.602. The van der Waals surface area contributed by atoms with Gasteiger partial charge < -0.3 is 4.79 Å². The summed E-state index contributed by atoms with van der Waals surface area (Å²) in [6.45, 7) is 2.28. The van der Waals surface area contributed by atoms with Crippen molar-refractivity contribution in [1.82, 2.24) is 4.98 Å². The molecule has 0 spiro atoms. The van der Waals surface area contributed by atoms with E-state index in [0.29, 0.717) is 12.3 Å². The maximum atomic E-state index is 10.4. The molecule has 0 unspecified atom stereocenters. The third kappa shape index (κ3) is 6.45. The molecule has 0 aliphatic heterocycles. The van der Waals surface area contributed by atoms with E-state index in [2.05, 4.69) is 24.0 Å². The molecule has 0 atom stereocenters. The highest BCUT2D eigenvalue weighted by Gasteiger charge is 2.22. The van der Waals surface area contributed by atoms with Crippen molar-refractivity contribution < 1.29 is 4.79 Å². The van der Waals surface area contributed by atoms with Gasteiger partial charge >= 0.3 is 0 Å². The second-order valence-corrected chi connectivity index (χ2v) is 7.22. The summed E-state index contributed by atoms with van der Waals surface area (Å²) in [7, 11) is 0. The lowest BCUT2D eigenvalue weighted by molar-refractivity contribution is -0.107. The number of aryl methyl sites for hydroxylation is 1. The highest BCUT2D eigenvalue weighted by atomic mass is 16.1. The van der Waals surface area contributed by atoms with Gasteiger partial charge in [0.2, 0.25) is 0 Å². The van der Waals surface area contributed by atoms with Crippen LogP contribution >= 0.6 is 0 Å². The van der Waals surface area contributed by atoms with E-state index in [4.69, 9.17) is 0 Å². The van der Waals surface area contributed by atoms with Gasteiger partial charge in [-0.25, -0.2) is 0 Å². The summed E-state index contributed by atoms with van der Waals surface area (Å²) >= 11 is 0. The third-order valence-corrected chi connectivity index (χ3v) is 5.38. The second-order valence-electron chi connectivity index (χ2n) is 7.22. The van der Waals surface area contributed by atoms with Crippen molar-refractivity contribution in [1.29, 1.82) is 0 Å². The number of carbonyl (C=O) groups excluding carboxylic acids is 1. The fraction of sp³-hybridized carbons (Fsp3) is 0.714. The normalized spacial score (nSPS) is 21.3. The topological polar surface area (TPSA) is 30.0 Å². The minimum Gasteiger partial charge on any atom is -0.303 e. The van der Waals surface area contributed by atoms with Crippen molar-refractivity contribution in [2.75, 3.05) is 0 Å². The number of hydrogen-bond donors (Lipinski definition) is 0. The number of rotatable bonds is 10. The first-order chi connectivity index (χ1) is 11.3. The quantitative estimate of drug-likeness (QED) is 0.400. The Bertz CT molecular complexity index is 432. The monoisotopic (exact) mass is 315 g/mol. The van der Waals surface area contributed by atoms with Crippen LogP contribution in [0.2, 0.25) is 0 Å². The molecule has 1 aromatic rings. The molecule has 0 saturated heterocycles. The molecule has 1 aliphatic rings. The van der Waals surface area contributed by atoms with Crippen LogP contribution in [-0.2, 0) is 11.2 Å². The number of unbranched alkanes of at least 4 members (excludes halogenated alkanes) is 4. The summed E-state index contributed by atoms with van der Waals surface area (Å²) in [4.78, 5) is 15.1. The largest absolute Gasteiger partial charge is 0.303 e. The van der Waals surface area contributed by atoms with Gasteiger partial charge in [0.25, 0.3) is 0 Å². The van der Waals surface area contributed by atoms with Crippen molar-refractivity contribution in [2.24, 2.45) is 5.92 Å². The van der Waals surface area contributed by atoms with Crippen LogP contribution in [0.4, 0.5) is 0 Å². The van der Waals surface area contributed by atoms with Crippen LogP contribution in [0.15, 0.2) is 18.3 Å². The zero-order chi connectivity index (χ0) is 16.3. The Kier molecular flexibility index (Phi) is 8.35. The Labute approximate surface area is 142 Å². The third-order valence-electron chi connectivity index (χ3n) is 5.38. The van der Waals surface area contributed by atoms with E-state index in [1.165, 1.54) is 75.5 Å². The maximum absolute atomic E-state index is 10.4. The van der Waals surface area contributed by atoms with Gasteiger partial charge in [-0.2, -0.15) is 0 Å². The summed E-state index contributed by atoms with van der Waals surface area (Å²) in [6.07, 6.45) is 18.2. The fourth-order valence-corrected chi connectivity index (χ4v) is 3.83. The van der Waals surface area contributed by atoms with Gasteiger partial charge in [-0.3, -0.25) is 4.98 Å². The van der Waals surface area contributed by atoms with Gasteiger partial charge in [0.15, 0.2) is 0 Å². The standard InChI is InChI=1S/C21H33NO/c1-2-3-4-5-6-8-18-10-13-20(14-11-18)21-15-12-19(17-22-21)9-7-16-23/h12,15-18,20H,2-11,13-14H2,1H3/t18-,20-. The predicted molar refractivity (Wildman–Crippen MR) is 96.7 cm³/mol. The number of pyridine rings is 1. The van der Waals surface area contributed by atoms with Crippen LogP contribution in [0, 0.1) is 5.92 Å². The van der Waals surface area contributed by atoms with Gasteiger partial charge in [-0.1, -0.05) is 51.5 Å². The number of aromatic nitrogens is 1.